The van der Waals surface area contributed by atoms with Crippen LogP contribution in [0.2, 0.25) is 0 Å². The molecule has 0 aromatic rings. The SMILES string of the molecule is CCCCCCCCCCCC(=O)NCCN(CCO)C(=O)CCCCCCCCCCC. The van der Waals surface area contributed by atoms with Crippen LogP contribution in [0.1, 0.15) is 142 Å². The molecular weight excluding hydrogens is 412 g/mol. The Labute approximate surface area is 205 Å². The summed E-state index contributed by atoms with van der Waals surface area (Å²) in [5, 5.41) is 12.2. The molecule has 0 atom stereocenters. The summed E-state index contributed by atoms with van der Waals surface area (Å²) >= 11 is 0. The van der Waals surface area contributed by atoms with Gasteiger partial charge in [0.1, 0.15) is 0 Å². The van der Waals surface area contributed by atoms with E-state index in [2.05, 4.69) is 19.2 Å². The number of amides is 2. The molecule has 0 radical (unpaired) electrons. The Kier molecular flexibility index (Phi) is 24.7. The van der Waals surface area contributed by atoms with Gasteiger partial charge in [0.2, 0.25) is 11.8 Å². The summed E-state index contributed by atoms with van der Waals surface area (Å²) in [5.41, 5.74) is 0. The van der Waals surface area contributed by atoms with Crippen molar-refractivity contribution in [2.24, 2.45) is 0 Å². The molecule has 0 aromatic carbocycles. The highest BCUT2D eigenvalue weighted by Gasteiger charge is 2.13. The molecule has 0 aliphatic heterocycles. The number of aliphatic hydroxyl groups is 1. The molecule has 0 aromatic heterocycles. The van der Waals surface area contributed by atoms with Gasteiger partial charge in [-0.05, 0) is 12.8 Å². The predicted molar refractivity (Wildman–Crippen MR) is 140 cm³/mol. The number of hydrogen-bond acceptors (Lipinski definition) is 3. The Morgan fingerprint density at radius 1 is 0.606 bits per heavy atom. The summed E-state index contributed by atoms with van der Waals surface area (Å²) in [6.45, 7) is 5.76. The van der Waals surface area contributed by atoms with Crippen LogP contribution in [0.25, 0.3) is 0 Å². The summed E-state index contributed by atoms with van der Waals surface area (Å²) < 4.78 is 0. The van der Waals surface area contributed by atoms with E-state index in [-0.39, 0.29) is 18.4 Å². The molecule has 0 aliphatic carbocycles. The van der Waals surface area contributed by atoms with E-state index in [1.165, 1.54) is 89.9 Å². The van der Waals surface area contributed by atoms with Crippen molar-refractivity contribution in [1.29, 1.82) is 0 Å². The van der Waals surface area contributed by atoms with Gasteiger partial charge in [0.25, 0.3) is 0 Å². The Hall–Kier alpha value is -1.10. The lowest BCUT2D eigenvalue weighted by Gasteiger charge is -2.22. The highest BCUT2D eigenvalue weighted by atomic mass is 16.3. The van der Waals surface area contributed by atoms with Gasteiger partial charge in [0, 0.05) is 32.5 Å². The quantitative estimate of drug-likeness (QED) is 0.145. The van der Waals surface area contributed by atoms with Crippen molar-refractivity contribution < 1.29 is 14.7 Å². The first-order chi connectivity index (χ1) is 16.2. The van der Waals surface area contributed by atoms with Crippen LogP contribution >= 0.6 is 0 Å². The first-order valence-electron chi connectivity index (χ1n) is 14.3. The topological polar surface area (TPSA) is 69.6 Å². The molecule has 2 amide bonds. The predicted octanol–water partition coefficient (Wildman–Crippen LogP) is 6.77. The average molecular weight is 469 g/mol. The molecule has 2 N–H and O–H groups in total. The number of nitrogens with zero attached hydrogens (tertiary/aromatic N) is 1. The van der Waals surface area contributed by atoms with Crippen molar-refractivity contribution in [3.05, 3.63) is 0 Å². The van der Waals surface area contributed by atoms with Crippen molar-refractivity contribution in [3.63, 3.8) is 0 Å². The van der Waals surface area contributed by atoms with Crippen molar-refractivity contribution in [1.82, 2.24) is 10.2 Å². The van der Waals surface area contributed by atoms with Gasteiger partial charge in [0.15, 0.2) is 0 Å². The number of carbonyl (C=O) groups excluding carboxylic acids is 2. The van der Waals surface area contributed by atoms with E-state index in [1.807, 2.05) is 0 Å². The van der Waals surface area contributed by atoms with Crippen LogP contribution in [0, 0.1) is 0 Å². The zero-order valence-electron chi connectivity index (χ0n) is 22.2. The zero-order valence-corrected chi connectivity index (χ0v) is 22.2. The number of carbonyl (C=O) groups is 2. The lowest BCUT2D eigenvalue weighted by Crippen LogP contribution is -2.40. The van der Waals surface area contributed by atoms with Gasteiger partial charge in [-0.1, -0.05) is 117 Å². The van der Waals surface area contributed by atoms with Crippen molar-refractivity contribution in [2.45, 2.75) is 142 Å². The lowest BCUT2D eigenvalue weighted by molar-refractivity contribution is -0.132. The Morgan fingerprint density at radius 3 is 1.48 bits per heavy atom. The average Bonchev–Trinajstić information content (AvgIpc) is 2.81. The Bertz CT molecular complexity index is 443. The van der Waals surface area contributed by atoms with E-state index < -0.39 is 0 Å². The number of unbranched alkanes of at least 4 members (excludes halogenated alkanes) is 16. The van der Waals surface area contributed by atoms with Crippen LogP contribution in [0.15, 0.2) is 0 Å². The van der Waals surface area contributed by atoms with E-state index in [0.29, 0.717) is 32.5 Å². The fourth-order valence-corrected chi connectivity index (χ4v) is 4.24. The summed E-state index contributed by atoms with van der Waals surface area (Å²) in [6.07, 6.45) is 23.4. The molecule has 0 saturated carbocycles. The molecule has 0 heterocycles. The van der Waals surface area contributed by atoms with Crippen molar-refractivity contribution >= 4 is 11.8 Å². The standard InChI is InChI=1S/C28H56N2O3/c1-3-5-7-9-11-13-15-17-19-21-27(32)29-23-24-30(25-26-31)28(33)22-20-18-16-14-12-10-8-6-4-2/h31H,3-26H2,1-2H3,(H,29,32). The third-order valence-electron chi connectivity index (χ3n) is 6.43. The second-order valence-corrected chi connectivity index (χ2v) is 9.61. The smallest absolute Gasteiger partial charge is 0.222 e. The minimum Gasteiger partial charge on any atom is -0.395 e. The maximum absolute atomic E-state index is 12.5. The molecule has 0 unspecified atom stereocenters. The number of rotatable bonds is 25. The molecular formula is C28H56N2O3. The second kappa shape index (κ2) is 25.5. The third-order valence-corrected chi connectivity index (χ3v) is 6.43. The van der Waals surface area contributed by atoms with Crippen LogP contribution < -0.4 is 5.32 Å². The van der Waals surface area contributed by atoms with Gasteiger partial charge in [-0.15, -0.1) is 0 Å². The molecule has 0 fully saturated rings. The molecule has 0 saturated heterocycles. The Morgan fingerprint density at radius 2 is 1.03 bits per heavy atom. The normalized spacial score (nSPS) is 11.0. The van der Waals surface area contributed by atoms with Crippen molar-refractivity contribution in [2.75, 3.05) is 26.2 Å². The maximum atomic E-state index is 12.5. The van der Waals surface area contributed by atoms with Crippen LogP contribution in [0.5, 0.6) is 0 Å². The van der Waals surface area contributed by atoms with Gasteiger partial charge < -0.3 is 15.3 Å². The molecule has 196 valence electrons. The minimum absolute atomic E-state index is 0.0319. The monoisotopic (exact) mass is 468 g/mol. The number of hydrogen-bond donors (Lipinski definition) is 2. The van der Waals surface area contributed by atoms with Crippen LogP contribution in [0.3, 0.4) is 0 Å². The van der Waals surface area contributed by atoms with E-state index in [9.17, 15) is 14.7 Å². The lowest BCUT2D eigenvalue weighted by atomic mass is 10.1. The zero-order chi connectivity index (χ0) is 24.4. The fourth-order valence-electron chi connectivity index (χ4n) is 4.24. The van der Waals surface area contributed by atoms with E-state index >= 15 is 0 Å². The molecule has 0 rings (SSSR count). The largest absolute Gasteiger partial charge is 0.395 e. The van der Waals surface area contributed by atoms with Gasteiger partial charge in [0.05, 0.1) is 6.61 Å². The summed E-state index contributed by atoms with van der Waals surface area (Å²) in [6, 6.07) is 0. The summed E-state index contributed by atoms with van der Waals surface area (Å²) in [7, 11) is 0. The van der Waals surface area contributed by atoms with Crippen LogP contribution in [-0.4, -0.2) is 48.1 Å². The second-order valence-electron chi connectivity index (χ2n) is 9.61. The van der Waals surface area contributed by atoms with Crippen LogP contribution in [-0.2, 0) is 9.59 Å². The third kappa shape index (κ3) is 22.5. The van der Waals surface area contributed by atoms with E-state index in [4.69, 9.17) is 0 Å². The molecule has 0 aliphatic rings. The minimum atomic E-state index is -0.0319. The van der Waals surface area contributed by atoms with Gasteiger partial charge >= 0.3 is 0 Å². The highest BCUT2D eigenvalue weighted by molar-refractivity contribution is 5.77. The fraction of sp³-hybridized carbons (Fsp3) is 0.929. The highest BCUT2D eigenvalue weighted by Crippen LogP contribution is 2.12. The van der Waals surface area contributed by atoms with E-state index in [1.54, 1.807) is 4.90 Å². The molecule has 0 bridgehead atoms. The maximum Gasteiger partial charge on any atom is 0.222 e. The number of nitrogens with one attached hydrogen (secondary N) is 1. The Balaban J connectivity index is 3.73. The van der Waals surface area contributed by atoms with Crippen LogP contribution in [0.4, 0.5) is 0 Å². The number of aliphatic hydroxyl groups excluding tert-OH is 1. The van der Waals surface area contributed by atoms with Gasteiger partial charge in [-0.25, -0.2) is 0 Å². The molecule has 5 heteroatoms. The van der Waals surface area contributed by atoms with Gasteiger partial charge in [-0.2, -0.15) is 0 Å². The van der Waals surface area contributed by atoms with Crippen molar-refractivity contribution in [3.8, 4) is 0 Å². The molecule has 0 spiro atoms. The molecule has 5 nitrogen and oxygen atoms in total. The first kappa shape index (κ1) is 31.9. The summed E-state index contributed by atoms with van der Waals surface area (Å²) in [5.74, 6) is 0.175. The summed E-state index contributed by atoms with van der Waals surface area (Å²) in [4.78, 5) is 26.2. The van der Waals surface area contributed by atoms with E-state index in [0.717, 1.165) is 25.7 Å². The van der Waals surface area contributed by atoms with Gasteiger partial charge in [-0.3, -0.25) is 9.59 Å². The first-order valence-corrected chi connectivity index (χ1v) is 14.3. The molecule has 33 heavy (non-hydrogen) atoms.